The van der Waals surface area contributed by atoms with Gasteiger partial charge in [0.15, 0.2) is 0 Å². The monoisotopic (exact) mass is 261 g/mol. The van der Waals surface area contributed by atoms with Gasteiger partial charge >= 0.3 is 0 Å². The Labute approximate surface area is 105 Å². The highest BCUT2D eigenvalue weighted by molar-refractivity contribution is 7.99. The Balaban J connectivity index is 2.24. The van der Waals surface area contributed by atoms with Crippen LogP contribution >= 0.6 is 35.0 Å². The van der Waals surface area contributed by atoms with E-state index in [1.54, 1.807) is 6.07 Å². The molecular weight excluding hydrogens is 249 g/mol. The van der Waals surface area contributed by atoms with Crippen molar-refractivity contribution in [1.29, 1.82) is 0 Å². The first-order chi connectivity index (χ1) is 6.98. The molecule has 0 bridgehead atoms. The smallest absolute Gasteiger partial charge is 0.0808 e. The normalized spacial score (nSPS) is 24.4. The van der Waals surface area contributed by atoms with Gasteiger partial charge in [-0.2, -0.15) is 0 Å². The van der Waals surface area contributed by atoms with E-state index in [4.69, 9.17) is 23.2 Å². The zero-order chi connectivity index (χ0) is 11.1. The van der Waals surface area contributed by atoms with Crippen molar-refractivity contribution in [3.05, 3.63) is 33.8 Å². The number of benzene rings is 1. The molecule has 82 valence electrons. The highest BCUT2D eigenvalue weighted by Gasteiger charge is 2.32. The van der Waals surface area contributed by atoms with Crippen LogP contribution in [0.4, 0.5) is 0 Å². The van der Waals surface area contributed by atoms with Gasteiger partial charge < -0.3 is 0 Å². The van der Waals surface area contributed by atoms with Gasteiger partial charge in [0.25, 0.3) is 0 Å². The first-order valence-corrected chi connectivity index (χ1v) is 6.63. The predicted octanol–water partition coefficient (Wildman–Crippen LogP) is 4.11. The van der Waals surface area contributed by atoms with Gasteiger partial charge in [0.05, 0.1) is 5.37 Å². The molecule has 0 aliphatic carbocycles. The second-order valence-corrected chi connectivity index (χ2v) is 6.32. The lowest BCUT2D eigenvalue weighted by molar-refractivity contribution is 0.452. The lowest BCUT2D eigenvalue weighted by atomic mass is 10.1. The molecule has 0 amide bonds. The molecular formula is C11H13Cl2NS. The molecule has 1 saturated heterocycles. The number of halogens is 2. The van der Waals surface area contributed by atoms with E-state index in [1.165, 1.54) is 0 Å². The third-order valence-electron chi connectivity index (χ3n) is 2.38. The number of hydrogen-bond donors (Lipinski definition) is 1. The summed E-state index contributed by atoms with van der Waals surface area (Å²) in [4.78, 5) is 0. The molecule has 2 rings (SSSR count). The average molecular weight is 262 g/mol. The summed E-state index contributed by atoms with van der Waals surface area (Å²) in [6.07, 6.45) is 0. The minimum absolute atomic E-state index is 0.179. The maximum Gasteiger partial charge on any atom is 0.0808 e. The van der Waals surface area contributed by atoms with Crippen LogP contribution in [0.5, 0.6) is 0 Å². The van der Waals surface area contributed by atoms with E-state index in [0.29, 0.717) is 5.02 Å². The summed E-state index contributed by atoms with van der Waals surface area (Å²) in [5.41, 5.74) is 1.30. The van der Waals surface area contributed by atoms with Crippen LogP contribution in [0.15, 0.2) is 18.2 Å². The highest BCUT2D eigenvalue weighted by atomic mass is 35.5. The lowest BCUT2D eigenvalue weighted by Gasteiger charge is -2.19. The van der Waals surface area contributed by atoms with Gasteiger partial charge in [-0.25, -0.2) is 0 Å². The second-order valence-electron chi connectivity index (χ2n) is 4.39. The van der Waals surface area contributed by atoms with Crippen LogP contribution in [-0.2, 0) is 0 Å². The molecule has 1 aliphatic rings. The summed E-state index contributed by atoms with van der Waals surface area (Å²) in [5.74, 6) is 1.09. The number of hydrogen-bond acceptors (Lipinski definition) is 2. The van der Waals surface area contributed by atoms with Crippen LogP contribution < -0.4 is 5.32 Å². The Hall–Kier alpha value is 0.110. The Morgan fingerprint density at radius 3 is 2.67 bits per heavy atom. The standard InChI is InChI=1S/C11H13Cl2NS/c1-11(2)6-15-10(14-11)8-4-3-7(12)5-9(8)13/h3-5,10,14H,6H2,1-2H3. The van der Waals surface area contributed by atoms with Gasteiger partial charge in [-0.3, -0.25) is 5.32 Å². The van der Waals surface area contributed by atoms with Gasteiger partial charge in [0.2, 0.25) is 0 Å². The van der Waals surface area contributed by atoms with E-state index in [2.05, 4.69) is 19.2 Å². The van der Waals surface area contributed by atoms with Crippen molar-refractivity contribution in [2.75, 3.05) is 5.75 Å². The maximum atomic E-state index is 6.16. The summed E-state index contributed by atoms with van der Waals surface area (Å²) in [6.45, 7) is 4.40. The third kappa shape index (κ3) is 2.62. The molecule has 1 aliphatic heterocycles. The zero-order valence-corrected chi connectivity index (χ0v) is 11.0. The Morgan fingerprint density at radius 1 is 1.40 bits per heavy atom. The van der Waals surface area contributed by atoms with Crippen molar-refractivity contribution in [2.24, 2.45) is 0 Å². The van der Waals surface area contributed by atoms with Crippen molar-refractivity contribution in [2.45, 2.75) is 24.8 Å². The molecule has 1 heterocycles. The summed E-state index contributed by atoms with van der Waals surface area (Å²) < 4.78 is 0. The Morgan fingerprint density at radius 2 is 2.13 bits per heavy atom. The van der Waals surface area contributed by atoms with Crippen LogP contribution in [0.3, 0.4) is 0 Å². The highest BCUT2D eigenvalue weighted by Crippen LogP contribution is 2.40. The fourth-order valence-corrected chi connectivity index (χ4v) is 3.65. The molecule has 0 saturated carbocycles. The largest absolute Gasteiger partial charge is 0.296 e. The van der Waals surface area contributed by atoms with Crippen molar-refractivity contribution in [1.82, 2.24) is 5.32 Å². The fraction of sp³-hybridized carbons (Fsp3) is 0.455. The fourth-order valence-electron chi connectivity index (χ4n) is 1.61. The van der Waals surface area contributed by atoms with Gasteiger partial charge in [0.1, 0.15) is 0 Å². The molecule has 1 atom stereocenters. The van der Waals surface area contributed by atoms with Crippen molar-refractivity contribution in [3.63, 3.8) is 0 Å². The molecule has 1 nitrogen and oxygen atoms in total. The zero-order valence-electron chi connectivity index (χ0n) is 8.68. The van der Waals surface area contributed by atoms with Gasteiger partial charge in [0, 0.05) is 21.3 Å². The number of nitrogens with one attached hydrogen (secondary N) is 1. The van der Waals surface area contributed by atoms with Crippen LogP contribution in [0.25, 0.3) is 0 Å². The topological polar surface area (TPSA) is 12.0 Å². The summed E-state index contributed by atoms with van der Waals surface area (Å²) in [7, 11) is 0. The lowest BCUT2D eigenvalue weighted by Crippen LogP contribution is -2.35. The van der Waals surface area contributed by atoms with E-state index in [-0.39, 0.29) is 10.9 Å². The molecule has 0 spiro atoms. The molecule has 1 unspecified atom stereocenters. The summed E-state index contributed by atoms with van der Waals surface area (Å²) in [5, 5.41) is 5.25. The Kier molecular flexibility index (Phi) is 3.22. The molecule has 0 aromatic heterocycles. The van der Waals surface area contributed by atoms with Crippen molar-refractivity contribution >= 4 is 35.0 Å². The van der Waals surface area contributed by atoms with E-state index in [9.17, 15) is 0 Å². The predicted molar refractivity (Wildman–Crippen MR) is 68.9 cm³/mol. The molecule has 1 fully saturated rings. The molecule has 1 aromatic carbocycles. The number of rotatable bonds is 1. The second kappa shape index (κ2) is 4.17. The van der Waals surface area contributed by atoms with E-state index >= 15 is 0 Å². The SMILES string of the molecule is CC1(C)CSC(c2ccc(Cl)cc2Cl)N1. The van der Waals surface area contributed by atoms with Gasteiger partial charge in [-0.15, -0.1) is 11.8 Å². The molecule has 1 aromatic rings. The van der Waals surface area contributed by atoms with Crippen LogP contribution in [-0.4, -0.2) is 11.3 Å². The average Bonchev–Trinajstić information content (AvgIpc) is 2.46. The quantitative estimate of drug-likeness (QED) is 0.817. The summed E-state index contributed by atoms with van der Waals surface area (Å²) in [6, 6.07) is 5.68. The van der Waals surface area contributed by atoms with Crippen LogP contribution in [0, 0.1) is 0 Å². The van der Waals surface area contributed by atoms with E-state index in [0.717, 1.165) is 16.3 Å². The third-order valence-corrected chi connectivity index (χ3v) is 4.53. The molecule has 4 heteroatoms. The minimum atomic E-state index is 0.179. The van der Waals surface area contributed by atoms with E-state index < -0.39 is 0 Å². The summed E-state index contributed by atoms with van der Waals surface area (Å²) >= 11 is 13.9. The van der Waals surface area contributed by atoms with Crippen molar-refractivity contribution < 1.29 is 0 Å². The van der Waals surface area contributed by atoms with Crippen molar-refractivity contribution in [3.8, 4) is 0 Å². The molecule has 0 radical (unpaired) electrons. The molecule has 1 N–H and O–H groups in total. The van der Waals surface area contributed by atoms with Gasteiger partial charge in [-0.1, -0.05) is 29.3 Å². The molecule has 15 heavy (non-hydrogen) atoms. The number of thioether (sulfide) groups is 1. The maximum absolute atomic E-state index is 6.16. The van der Waals surface area contributed by atoms with Crippen LogP contribution in [0.1, 0.15) is 24.8 Å². The minimum Gasteiger partial charge on any atom is -0.296 e. The first-order valence-electron chi connectivity index (χ1n) is 4.82. The van der Waals surface area contributed by atoms with Gasteiger partial charge in [-0.05, 0) is 31.5 Å². The van der Waals surface area contributed by atoms with E-state index in [1.807, 2.05) is 23.9 Å². The Bertz CT molecular complexity index is 379. The van der Waals surface area contributed by atoms with Crippen LogP contribution in [0.2, 0.25) is 10.0 Å². The first kappa shape index (κ1) is 11.6.